The zero-order valence-corrected chi connectivity index (χ0v) is 20.3. The minimum Gasteiger partial charge on any atom is -0.496 e. The molecule has 0 aromatic heterocycles. The number of methoxy groups -OCH3 is 1. The highest BCUT2D eigenvalue weighted by atomic mass is 127. The van der Waals surface area contributed by atoms with E-state index in [0.717, 1.165) is 43.1 Å². The van der Waals surface area contributed by atoms with Crippen LogP contribution < -0.4 is 25.4 Å². The van der Waals surface area contributed by atoms with Gasteiger partial charge in [-0.15, -0.1) is 24.0 Å². The largest absolute Gasteiger partial charge is 0.496 e. The maximum atomic E-state index is 11.7. The number of halogens is 1. The molecule has 2 aromatic rings. The van der Waals surface area contributed by atoms with E-state index in [4.69, 9.17) is 9.47 Å². The molecule has 1 saturated carbocycles. The molecular weight excluding hydrogens is 507 g/mol. The third-order valence-electron chi connectivity index (χ3n) is 4.80. The summed E-state index contributed by atoms with van der Waals surface area (Å²) in [5.74, 6) is 2.24. The Balaban J connectivity index is 0.00000341. The van der Waals surface area contributed by atoms with E-state index < -0.39 is 0 Å². The molecule has 7 nitrogen and oxygen atoms in total. The van der Waals surface area contributed by atoms with Crippen LogP contribution in [0.1, 0.15) is 24.0 Å². The Morgan fingerprint density at radius 2 is 1.84 bits per heavy atom. The number of para-hydroxylation sites is 1. The van der Waals surface area contributed by atoms with Gasteiger partial charge in [0.05, 0.1) is 7.11 Å². The van der Waals surface area contributed by atoms with Gasteiger partial charge >= 0.3 is 0 Å². The van der Waals surface area contributed by atoms with Crippen LogP contribution in [0.2, 0.25) is 0 Å². The average Bonchev–Trinajstić information content (AvgIpc) is 3.59. The molecule has 3 rings (SSSR count). The molecule has 1 aliphatic carbocycles. The van der Waals surface area contributed by atoms with Crippen molar-refractivity contribution in [2.45, 2.75) is 31.8 Å². The lowest BCUT2D eigenvalue weighted by atomic mass is 10.1. The standard InChI is InChI=1S/C23H30N4O3.HI/c1-24-23(26-15-18-5-3-4-6-21(18)29-2)25-14-13-17-7-11-20(12-8-17)30-16-22(28)27-19-9-10-19;/h3-8,11-12,19H,9-10,13-16H2,1-2H3,(H,27,28)(H2,24,25,26);1H. The van der Waals surface area contributed by atoms with Crippen molar-refractivity contribution >= 4 is 35.8 Å². The molecule has 2 aromatic carbocycles. The van der Waals surface area contributed by atoms with Crippen molar-refractivity contribution in [2.24, 2.45) is 4.99 Å². The maximum Gasteiger partial charge on any atom is 0.258 e. The number of amides is 1. The van der Waals surface area contributed by atoms with Gasteiger partial charge < -0.3 is 25.4 Å². The molecule has 0 aliphatic heterocycles. The number of nitrogens with zero attached hydrogens (tertiary/aromatic N) is 1. The molecule has 1 fully saturated rings. The number of nitrogens with one attached hydrogen (secondary N) is 3. The SMILES string of the molecule is CN=C(NCCc1ccc(OCC(=O)NC2CC2)cc1)NCc1ccccc1OC.I. The van der Waals surface area contributed by atoms with E-state index in [1.165, 1.54) is 5.56 Å². The van der Waals surface area contributed by atoms with Gasteiger partial charge in [-0.25, -0.2) is 0 Å². The van der Waals surface area contributed by atoms with Crippen LogP contribution >= 0.6 is 24.0 Å². The average molecular weight is 538 g/mol. The molecule has 31 heavy (non-hydrogen) atoms. The number of carbonyl (C=O) groups is 1. The van der Waals surface area contributed by atoms with Gasteiger partial charge in [-0.2, -0.15) is 0 Å². The zero-order valence-electron chi connectivity index (χ0n) is 18.0. The first-order chi connectivity index (χ1) is 14.7. The molecule has 8 heteroatoms. The smallest absolute Gasteiger partial charge is 0.258 e. The van der Waals surface area contributed by atoms with Gasteiger partial charge in [0.1, 0.15) is 11.5 Å². The number of hydrogen-bond donors (Lipinski definition) is 3. The molecule has 0 saturated heterocycles. The van der Waals surface area contributed by atoms with E-state index in [1.54, 1.807) is 14.2 Å². The van der Waals surface area contributed by atoms with Crippen LogP contribution in [-0.4, -0.2) is 45.2 Å². The topological polar surface area (TPSA) is 84.0 Å². The summed E-state index contributed by atoms with van der Waals surface area (Å²) in [6.07, 6.45) is 3.00. The van der Waals surface area contributed by atoms with E-state index >= 15 is 0 Å². The summed E-state index contributed by atoms with van der Waals surface area (Å²) < 4.78 is 10.9. The fourth-order valence-electron chi connectivity index (χ4n) is 2.97. The summed E-state index contributed by atoms with van der Waals surface area (Å²) in [6.45, 7) is 1.44. The van der Waals surface area contributed by atoms with E-state index in [0.29, 0.717) is 18.3 Å². The normalized spacial score (nSPS) is 13.0. The Labute approximate surface area is 201 Å². The quantitative estimate of drug-likeness (QED) is 0.246. The third kappa shape index (κ3) is 8.64. The predicted molar refractivity (Wildman–Crippen MR) is 133 cm³/mol. The third-order valence-corrected chi connectivity index (χ3v) is 4.80. The monoisotopic (exact) mass is 538 g/mol. The highest BCUT2D eigenvalue weighted by molar-refractivity contribution is 14.0. The van der Waals surface area contributed by atoms with Crippen molar-refractivity contribution in [3.8, 4) is 11.5 Å². The number of rotatable bonds is 10. The molecular formula is C23H31IN4O3. The van der Waals surface area contributed by atoms with E-state index in [-0.39, 0.29) is 36.5 Å². The van der Waals surface area contributed by atoms with Gasteiger partial charge in [-0.3, -0.25) is 9.79 Å². The lowest BCUT2D eigenvalue weighted by Crippen LogP contribution is -2.37. The Bertz CT molecular complexity index is 854. The van der Waals surface area contributed by atoms with Crippen molar-refractivity contribution in [3.63, 3.8) is 0 Å². The molecule has 0 radical (unpaired) electrons. The number of guanidine groups is 1. The lowest BCUT2D eigenvalue weighted by molar-refractivity contribution is -0.123. The molecule has 0 bridgehead atoms. The molecule has 0 atom stereocenters. The lowest BCUT2D eigenvalue weighted by Gasteiger charge is -2.14. The molecule has 1 aliphatic rings. The first-order valence-corrected chi connectivity index (χ1v) is 10.3. The van der Waals surface area contributed by atoms with E-state index in [1.807, 2.05) is 48.5 Å². The predicted octanol–water partition coefficient (Wildman–Crippen LogP) is 2.88. The van der Waals surface area contributed by atoms with Gasteiger partial charge in [0.15, 0.2) is 12.6 Å². The molecule has 0 heterocycles. The summed E-state index contributed by atoms with van der Waals surface area (Å²) >= 11 is 0. The van der Waals surface area contributed by atoms with Gasteiger partial charge in [0.2, 0.25) is 0 Å². The highest BCUT2D eigenvalue weighted by Gasteiger charge is 2.23. The zero-order chi connectivity index (χ0) is 21.2. The van der Waals surface area contributed by atoms with Crippen LogP contribution in [0, 0.1) is 0 Å². The van der Waals surface area contributed by atoms with Gasteiger partial charge in [-0.05, 0) is 43.0 Å². The first-order valence-electron chi connectivity index (χ1n) is 10.3. The Hall–Kier alpha value is -2.49. The summed E-state index contributed by atoms with van der Waals surface area (Å²) in [5, 5.41) is 9.53. The minimum atomic E-state index is -0.0576. The van der Waals surface area contributed by atoms with Crippen molar-refractivity contribution in [1.82, 2.24) is 16.0 Å². The number of aliphatic imine (C=N–C) groups is 1. The number of carbonyl (C=O) groups excluding carboxylic acids is 1. The fraction of sp³-hybridized carbons (Fsp3) is 0.391. The number of benzene rings is 2. The van der Waals surface area contributed by atoms with Gasteiger partial charge in [0.25, 0.3) is 5.91 Å². The van der Waals surface area contributed by atoms with Crippen LogP contribution in [0.15, 0.2) is 53.5 Å². The second-order valence-electron chi connectivity index (χ2n) is 7.19. The van der Waals surface area contributed by atoms with Crippen molar-refractivity contribution in [2.75, 3.05) is 27.3 Å². The molecule has 1 amide bonds. The first kappa shape index (κ1) is 24.8. The molecule has 168 valence electrons. The summed E-state index contributed by atoms with van der Waals surface area (Å²) in [5.41, 5.74) is 2.25. The van der Waals surface area contributed by atoms with Crippen LogP contribution in [-0.2, 0) is 17.8 Å². The highest BCUT2D eigenvalue weighted by Crippen LogP contribution is 2.19. The van der Waals surface area contributed by atoms with Crippen LogP contribution in [0.3, 0.4) is 0 Å². The molecule has 3 N–H and O–H groups in total. The second-order valence-corrected chi connectivity index (χ2v) is 7.19. The Kier molecular flexibility index (Phi) is 10.4. The van der Waals surface area contributed by atoms with Gasteiger partial charge in [-0.1, -0.05) is 30.3 Å². The van der Waals surface area contributed by atoms with Crippen molar-refractivity contribution < 1.29 is 14.3 Å². The second kappa shape index (κ2) is 13.0. The van der Waals surface area contributed by atoms with Crippen LogP contribution in [0.4, 0.5) is 0 Å². The number of hydrogen-bond acceptors (Lipinski definition) is 4. The maximum absolute atomic E-state index is 11.7. The van der Waals surface area contributed by atoms with Crippen LogP contribution in [0.5, 0.6) is 11.5 Å². The number of ether oxygens (including phenoxy) is 2. The Morgan fingerprint density at radius 1 is 1.10 bits per heavy atom. The fourth-order valence-corrected chi connectivity index (χ4v) is 2.97. The summed E-state index contributed by atoms with van der Waals surface area (Å²) in [6, 6.07) is 16.1. The summed E-state index contributed by atoms with van der Waals surface area (Å²) in [7, 11) is 3.42. The van der Waals surface area contributed by atoms with Crippen LogP contribution in [0.25, 0.3) is 0 Å². The summed E-state index contributed by atoms with van der Waals surface area (Å²) in [4.78, 5) is 15.9. The Morgan fingerprint density at radius 3 is 2.52 bits per heavy atom. The van der Waals surface area contributed by atoms with Crippen molar-refractivity contribution in [3.05, 3.63) is 59.7 Å². The van der Waals surface area contributed by atoms with E-state index in [2.05, 4.69) is 20.9 Å². The van der Waals surface area contributed by atoms with Crippen molar-refractivity contribution in [1.29, 1.82) is 0 Å². The van der Waals surface area contributed by atoms with E-state index in [9.17, 15) is 4.79 Å². The molecule has 0 unspecified atom stereocenters. The van der Waals surface area contributed by atoms with Gasteiger partial charge in [0, 0.05) is 31.7 Å². The molecule has 0 spiro atoms. The minimum absolute atomic E-state index is 0.